The van der Waals surface area contributed by atoms with E-state index in [0.717, 1.165) is 36.6 Å². The molecule has 6 nitrogen and oxygen atoms in total. The van der Waals surface area contributed by atoms with Gasteiger partial charge in [-0.15, -0.1) is 10.2 Å². The van der Waals surface area contributed by atoms with Crippen LogP contribution in [0.5, 0.6) is 5.75 Å². The second-order valence-corrected chi connectivity index (χ2v) is 6.60. The number of fused-ring (bicyclic) bond motifs is 1. The Morgan fingerprint density at radius 1 is 1.26 bits per heavy atom. The van der Waals surface area contributed by atoms with Gasteiger partial charge in [0.15, 0.2) is 12.4 Å². The Labute approximate surface area is 159 Å². The summed E-state index contributed by atoms with van der Waals surface area (Å²) in [4.78, 5) is 12.1. The fraction of sp³-hybridized carbons (Fsp3) is 0.211. The maximum Gasteiger partial charge on any atom is 0.262 e. The molecule has 1 aliphatic heterocycles. The molecule has 138 valence electrons. The van der Waals surface area contributed by atoms with Crippen LogP contribution in [0.25, 0.3) is 11.4 Å². The second-order valence-electron chi connectivity index (χ2n) is 6.19. The number of benzene rings is 2. The molecule has 0 atom stereocenters. The number of hydrogen-bond donors (Lipinski definition) is 1. The van der Waals surface area contributed by atoms with Crippen molar-refractivity contribution >= 4 is 23.2 Å². The first-order chi connectivity index (χ1) is 13.1. The molecule has 1 N–H and O–H groups in total. The Morgan fingerprint density at radius 2 is 2.15 bits per heavy atom. The summed E-state index contributed by atoms with van der Waals surface area (Å²) in [7, 11) is 0. The molecular weight excluding hydrogens is 371 g/mol. The lowest BCUT2D eigenvalue weighted by atomic mass is 10.2. The number of aryl methyl sites for hydroxylation is 1. The van der Waals surface area contributed by atoms with Gasteiger partial charge in [0.05, 0.1) is 5.02 Å². The number of anilines is 1. The second kappa shape index (κ2) is 7.36. The number of ether oxygens (including phenoxy) is 1. The topological polar surface area (TPSA) is 69.0 Å². The summed E-state index contributed by atoms with van der Waals surface area (Å²) in [6.07, 6.45) is 2.01. The summed E-state index contributed by atoms with van der Waals surface area (Å²) in [6, 6.07) is 11.4. The van der Waals surface area contributed by atoms with Crippen LogP contribution in [-0.2, 0) is 17.8 Å². The number of hydrogen-bond acceptors (Lipinski definition) is 4. The number of amides is 1. The molecule has 0 saturated heterocycles. The quantitative estimate of drug-likeness (QED) is 0.726. The molecule has 1 aromatic heterocycles. The van der Waals surface area contributed by atoms with E-state index >= 15 is 0 Å². The van der Waals surface area contributed by atoms with E-state index in [1.54, 1.807) is 6.07 Å². The third-order valence-corrected chi connectivity index (χ3v) is 4.56. The third kappa shape index (κ3) is 3.78. The highest BCUT2D eigenvalue weighted by atomic mass is 35.5. The summed E-state index contributed by atoms with van der Waals surface area (Å²) in [5.41, 5.74) is 1.52. The molecule has 2 heterocycles. The van der Waals surface area contributed by atoms with Gasteiger partial charge in [0.25, 0.3) is 5.91 Å². The van der Waals surface area contributed by atoms with Gasteiger partial charge in [-0.25, -0.2) is 4.39 Å². The Hall–Kier alpha value is -2.93. The van der Waals surface area contributed by atoms with Crippen molar-refractivity contribution < 1.29 is 13.9 Å². The molecule has 0 bridgehead atoms. The van der Waals surface area contributed by atoms with E-state index in [1.165, 1.54) is 18.2 Å². The van der Waals surface area contributed by atoms with Gasteiger partial charge >= 0.3 is 0 Å². The zero-order chi connectivity index (χ0) is 18.8. The van der Waals surface area contributed by atoms with Crippen molar-refractivity contribution in [3.05, 3.63) is 59.1 Å². The number of halogens is 2. The van der Waals surface area contributed by atoms with E-state index in [-0.39, 0.29) is 17.5 Å². The van der Waals surface area contributed by atoms with Crippen molar-refractivity contribution in [2.24, 2.45) is 0 Å². The van der Waals surface area contributed by atoms with Crippen molar-refractivity contribution in [1.82, 2.24) is 14.8 Å². The summed E-state index contributed by atoms with van der Waals surface area (Å²) in [5, 5.41) is 11.2. The van der Waals surface area contributed by atoms with Gasteiger partial charge in [-0.05, 0) is 30.7 Å². The third-order valence-electron chi connectivity index (χ3n) is 4.28. The van der Waals surface area contributed by atoms with Crippen LogP contribution in [-0.4, -0.2) is 27.3 Å². The Balaban J connectivity index is 1.42. The number of nitrogens with one attached hydrogen (secondary N) is 1. The highest BCUT2D eigenvalue weighted by molar-refractivity contribution is 6.30. The molecule has 1 amide bonds. The summed E-state index contributed by atoms with van der Waals surface area (Å²) in [5.74, 6) is 1.25. The molecule has 0 fully saturated rings. The molecule has 4 rings (SSSR count). The summed E-state index contributed by atoms with van der Waals surface area (Å²) >= 11 is 5.70. The molecule has 0 unspecified atom stereocenters. The van der Waals surface area contributed by atoms with Crippen LogP contribution < -0.4 is 10.1 Å². The maximum absolute atomic E-state index is 13.1. The van der Waals surface area contributed by atoms with Gasteiger partial charge in [0.1, 0.15) is 17.4 Å². The van der Waals surface area contributed by atoms with Crippen molar-refractivity contribution in [1.29, 1.82) is 0 Å². The molecular formula is C19H16ClFN4O2. The van der Waals surface area contributed by atoms with Crippen LogP contribution in [0.3, 0.4) is 0 Å². The largest absolute Gasteiger partial charge is 0.484 e. The van der Waals surface area contributed by atoms with E-state index in [0.29, 0.717) is 11.4 Å². The predicted molar refractivity (Wildman–Crippen MR) is 99.3 cm³/mol. The SMILES string of the molecule is O=C(COc1ccc(F)c(Cl)c1)Nc1cccc(-c2nnc3n2CCC3)c1. The van der Waals surface area contributed by atoms with Crippen LogP contribution in [0.1, 0.15) is 12.2 Å². The van der Waals surface area contributed by atoms with E-state index in [9.17, 15) is 9.18 Å². The van der Waals surface area contributed by atoms with Gasteiger partial charge < -0.3 is 14.6 Å². The van der Waals surface area contributed by atoms with Gasteiger partial charge in [0.2, 0.25) is 0 Å². The first kappa shape index (κ1) is 17.5. The van der Waals surface area contributed by atoms with Crippen LogP contribution >= 0.6 is 11.6 Å². The van der Waals surface area contributed by atoms with Crippen molar-refractivity contribution in [3.8, 4) is 17.1 Å². The number of carbonyl (C=O) groups is 1. The fourth-order valence-corrected chi connectivity index (χ4v) is 3.18. The van der Waals surface area contributed by atoms with Gasteiger partial charge in [-0.1, -0.05) is 23.7 Å². The molecule has 2 aromatic carbocycles. The minimum atomic E-state index is -0.537. The first-order valence-corrected chi connectivity index (χ1v) is 8.88. The average Bonchev–Trinajstić information content (AvgIpc) is 3.26. The van der Waals surface area contributed by atoms with Crippen molar-refractivity contribution in [3.63, 3.8) is 0 Å². The Kier molecular flexibility index (Phi) is 4.77. The number of aromatic nitrogens is 3. The van der Waals surface area contributed by atoms with E-state index < -0.39 is 5.82 Å². The molecule has 0 spiro atoms. The van der Waals surface area contributed by atoms with E-state index in [2.05, 4.69) is 20.1 Å². The van der Waals surface area contributed by atoms with Gasteiger partial charge in [-0.3, -0.25) is 4.79 Å². The van der Waals surface area contributed by atoms with Gasteiger partial charge in [0, 0.05) is 30.3 Å². The minimum Gasteiger partial charge on any atom is -0.484 e. The number of nitrogens with zero attached hydrogens (tertiary/aromatic N) is 3. The standard InChI is InChI=1S/C19H16ClFN4O2/c20-15-10-14(6-7-16(15)21)27-11-18(26)22-13-4-1-3-12(9-13)19-24-23-17-5-2-8-25(17)19/h1,3-4,6-7,9-10H,2,5,8,11H2,(H,22,26). The normalized spacial score (nSPS) is 12.7. The maximum atomic E-state index is 13.1. The lowest BCUT2D eigenvalue weighted by molar-refractivity contribution is -0.118. The number of rotatable bonds is 5. The van der Waals surface area contributed by atoms with Crippen molar-refractivity contribution in [2.45, 2.75) is 19.4 Å². The summed E-state index contributed by atoms with van der Waals surface area (Å²) < 4.78 is 20.6. The van der Waals surface area contributed by atoms with Crippen LogP contribution in [0.4, 0.5) is 10.1 Å². The molecule has 8 heteroatoms. The van der Waals surface area contributed by atoms with Gasteiger partial charge in [-0.2, -0.15) is 0 Å². The Bertz CT molecular complexity index is 1010. The smallest absolute Gasteiger partial charge is 0.262 e. The molecule has 27 heavy (non-hydrogen) atoms. The first-order valence-electron chi connectivity index (χ1n) is 8.50. The van der Waals surface area contributed by atoms with E-state index in [1.807, 2.05) is 18.2 Å². The number of carbonyl (C=O) groups excluding carboxylic acids is 1. The zero-order valence-corrected chi connectivity index (χ0v) is 15.0. The highest BCUT2D eigenvalue weighted by Crippen LogP contribution is 2.25. The minimum absolute atomic E-state index is 0.0542. The average molecular weight is 387 g/mol. The summed E-state index contributed by atoms with van der Waals surface area (Å²) in [6.45, 7) is 0.689. The lowest BCUT2D eigenvalue weighted by Gasteiger charge is -2.09. The molecule has 0 radical (unpaired) electrons. The monoisotopic (exact) mass is 386 g/mol. The van der Waals surface area contributed by atoms with E-state index in [4.69, 9.17) is 16.3 Å². The van der Waals surface area contributed by atoms with Crippen molar-refractivity contribution in [2.75, 3.05) is 11.9 Å². The molecule has 1 aliphatic rings. The predicted octanol–water partition coefficient (Wildman–Crippen LogP) is 3.70. The van der Waals surface area contributed by atoms with Crippen LogP contribution in [0.2, 0.25) is 5.02 Å². The van der Waals surface area contributed by atoms with Crippen LogP contribution in [0, 0.1) is 5.82 Å². The van der Waals surface area contributed by atoms with Crippen LogP contribution in [0.15, 0.2) is 42.5 Å². The highest BCUT2D eigenvalue weighted by Gasteiger charge is 2.18. The molecule has 3 aromatic rings. The molecule has 0 saturated carbocycles. The Morgan fingerprint density at radius 3 is 3.00 bits per heavy atom. The zero-order valence-electron chi connectivity index (χ0n) is 14.3. The molecule has 0 aliphatic carbocycles. The fourth-order valence-electron chi connectivity index (χ4n) is 3.01. The lowest BCUT2D eigenvalue weighted by Crippen LogP contribution is -2.20.